The molecule has 3 aromatic heterocycles. The van der Waals surface area contributed by atoms with Crippen LogP contribution in [0.25, 0.3) is 26.6 Å². The summed E-state index contributed by atoms with van der Waals surface area (Å²) < 4.78 is 8.54. The lowest BCUT2D eigenvalue weighted by Gasteiger charge is -2.03. The molecule has 0 saturated heterocycles. The Hall–Kier alpha value is -2.71. The molecule has 5 aromatic rings. The van der Waals surface area contributed by atoms with Crippen molar-refractivity contribution in [2.24, 2.45) is 0 Å². The molecule has 0 fully saturated rings. The third-order valence-corrected chi connectivity index (χ3v) is 5.46. The van der Waals surface area contributed by atoms with Crippen LogP contribution in [-0.4, -0.2) is 24.8 Å². The van der Waals surface area contributed by atoms with Crippen LogP contribution in [0.3, 0.4) is 0 Å². The topological polar surface area (TPSA) is 68.1 Å². The molecule has 0 aliphatic heterocycles. The molecule has 0 unspecified atom stereocenters. The van der Waals surface area contributed by atoms with Gasteiger partial charge in [0.25, 0.3) is 0 Å². The zero-order valence-electron chi connectivity index (χ0n) is 13.4. The number of benzene rings is 2. The molecule has 6 nitrogen and oxygen atoms in total. The molecule has 2 aromatic carbocycles. The van der Waals surface area contributed by atoms with Crippen molar-refractivity contribution in [1.29, 1.82) is 0 Å². The molecule has 3 heterocycles. The van der Waals surface area contributed by atoms with Gasteiger partial charge in [-0.2, -0.15) is 9.61 Å². The number of H-pyrrole nitrogens is 1. The van der Waals surface area contributed by atoms with Crippen molar-refractivity contribution in [3.05, 3.63) is 64.9 Å². The SMILES string of the molecule is Brc1ccc(OCc2nnc3sc(-c4cc5ccccc5[nH]4)nn23)cc1. The highest BCUT2D eigenvalue weighted by Crippen LogP contribution is 2.28. The van der Waals surface area contributed by atoms with Crippen molar-refractivity contribution in [2.75, 3.05) is 0 Å². The molecule has 1 N–H and O–H groups in total. The highest BCUT2D eigenvalue weighted by atomic mass is 79.9. The molecular weight excluding hydrogens is 414 g/mol. The Balaban J connectivity index is 1.44. The van der Waals surface area contributed by atoms with Crippen LogP contribution >= 0.6 is 27.3 Å². The van der Waals surface area contributed by atoms with E-state index in [4.69, 9.17) is 4.74 Å². The van der Waals surface area contributed by atoms with E-state index in [0.29, 0.717) is 12.4 Å². The summed E-state index contributed by atoms with van der Waals surface area (Å²) in [6.07, 6.45) is 0. The predicted molar refractivity (Wildman–Crippen MR) is 104 cm³/mol. The number of aromatic nitrogens is 5. The minimum absolute atomic E-state index is 0.304. The first-order chi connectivity index (χ1) is 12.8. The van der Waals surface area contributed by atoms with Gasteiger partial charge in [0.2, 0.25) is 4.96 Å². The number of rotatable bonds is 4. The monoisotopic (exact) mass is 425 g/mol. The minimum Gasteiger partial charge on any atom is -0.486 e. The Bertz CT molecular complexity index is 1170. The van der Waals surface area contributed by atoms with E-state index >= 15 is 0 Å². The number of hydrogen-bond donors (Lipinski definition) is 1. The van der Waals surface area contributed by atoms with Gasteiger partial charge in [-0.15, -0.1) is 10.2 Å². The first kappa shape index (κ1) is 15.5. The van der Waals surface area contributed by atoms with E-state index < -0.39 is 0 Å². The van der Waals surface area contributed by atoms with Crippen LogP contribution in [0.2, 0.25) is 0 Å². The molecular formula is C18H12BrN5OS. The smallest absolute Gasteiger partial charge is 0.235 e. The number of aromatic amines is 1. The molecule has 0 bridgehead atoms. The lowest BCUT2D eigenvalue weighted by molar-refractivity contribution is 0.293. The van der Waals surface area contributed by atoms with Crippen molar-refractivity contribution >= 4 is 43.1 Å². The van der Waals surface area contributed by atoms with E-state index in [1.165, 1.54) is 11.3 Å². The van der Waals surface area contributed by atoms with Gasteiger partial charge in [-0.3, -0.25) is 0 Å². The molecule has 0 aliphatic carbocycles. The van der Waals surface area contributed by atoms with Crippen molar-refractivity contribution in [2.45, 2.75) is 6.61 Å². The standard InChI is InChI=1S/C18H12BrN5OS/c19-12-5-7-13(8-6-12)25-10-16-21-22-18-24(16)23-17(26-18)15-9-11-3-1-2-4-14(11)20-15/h1-9,20H,10H2. The van der Waals surface area contributed by atoms with Gasteiger partial charge < -0.3 is 9.72 Å². The van der Waals surface area contributed by atoms with Crippen LogP contribution in [0.1, 0.15) is 5.82 Å². The second-order valence-corrected chi connectivity index (χ2v) is 7.60. The fourth-order valence-corrected chi connectivity index (χ4v) is 3.82. The van der Waals surface area contributed by atoms with E-state index in [2.05, 4.69) is 54.4 Å². The fourth-order valence-electron chi connectivity index (χ4n) is 2.72. The number of nitrogens with one attached hydrogen (secondary N) is 1. The first-order valence-electron chi connectivity index (χ1n) is 7.94. The summed E-state index contributed by atoms with van der Waals surface area (Å²) in [4.78, 5) is 4.14. The summed E-state index contributed by atoms with van der Waals surface area (Å²) in [6.45, 7) is 0.304. The lowest BCUT2D eigenvalue weighted by atomic mass is 10.2. The van der Waals surface area contributed by atoms with E-state index in [1.54, 1.807) is 4.52 Å². The quantitative estimate of drug-likeness (QED) is 0.453. The van der Waals surface area contributed by atoms with E-state index in [1.807, 2.05) is 36.4 Å². The minimum atomic E-state index is 0.304. The van der Waals surface area contributed by atoms with Crippen LogP contribution in [-0.2, 0) is 6.61 Å². The zero-order valence-corrected chi connectivity index (χ0v) is 15.8. The van der Waals surface area contributed by atoms with E-state index in [-0.39, 0.29) is 0 Å². The van der Waals surface area contributed by atoms with Crippen LogP contribution in [0.5, 0.6) is 5.75 Å². The van der Waals surface area contributed by atoms with Gasteiger partial charge in [-0.1, -0.05) is 45.5 Å². The number of fused-ring (bicyclic) bond motifs is 2. The summed E-state index contributed by atoms with van der Waals surface area (Å²) in [5, 5.41) is 15.1. The number of ether oxygens (including phenoxy) is 1. The highest BCUT2D eigenvalue weighted by molar-refractivity contribution is 9.10. The third kappa shape index (κ3) is 2.77. The third-order valence-electron chi connectivity index (χ3n) is 4.00. The van der Waals surface area contributed by atoms with Crippen molar-refractivity contribution in [3.63, 3.8) is 0 Å². The molecule has 0 radical (unpaired) electrons. The van der Waals surface area contributed by atoms with E-state index in [0.717, 1.165) is 36.8 Å². The summed E-state index contributed by atoms with van der Waals surface area (Å²) >= 11 is 4.91. The molecule has 0 amide bonds. The molecule has 8 heteroatoms. The van der Waals surface area contributed by atoms with Crippen LogP contribution in [0.4, 0.5) is 0 Å². The largest absolute Gasteiger partial charge is 0.486 e. The van der Waals surface area contributed by atoms with Crippen LogP contribution < -0.4 is 4.74 Å². The fraction of sp³-hybridized carbons (Fsp3) is 0.0556. The first-order valence-corrected chi connectivity index (χ1v) is 9.55. The summed E-state index contributed by atoms with van der Waals surface area (Å²) in [7, 11) is 0. The molecule has 0 atom stereocenters. The number of hydrogen-bond acceptors (Lipinski definition) is 5. The molecule has 26 heavy (non-hydrogen) atoms. The molecule has 5 rings (SSSR count). The van der Waals surface area contributed by atoms with Gasteiger partial charge in [-0.05, 0) is 36.4 Å². The summed E-state index contributed by atoms with van der Waals surface area (Å²) in [5.74, 6) is 1.44. The molecule has 0 aliphatic rings. The Labute approximate surface area is 160 Å². The van der Waals surface area contributed by atoms with Gasteiger partial charge >= 0.3 is 0 Å². The average molecular weight is 426 g/mol. The maximum absolute atomic E-state index is 5.79. The van der Waals surface area contributed by atoms with Crippen molar-refractivity contribution in [3.8, 4) is 16.5 Å². The Morgan fingerprint density at radius 2 is 1.92 bits per heavy atom. The van der Waals surface area contributed by atoms with E-state index in [9.17, 15) is 0 Å². The molecule has 0 saturated carbocycles. The predicted octanol–water partition coefficient (Wildman–Crippen LogP) is 4.68. The summed E-state index contributed by atoms with van der Waals surface area (Å²) in [6, 6.07) is 17.9. The molecule has 0 spiro atoms. The number of halogens is 1. The number of para-hydroxylation sites is 1. The second kappa shape index (κ2) is 6.22. The van der Waals surface area contributed by atoms with Crippen LogP contribution in [0, 0.1) is 0 Å². The van der Waals surface area contributed by atoms with Gasteiger partial charge in [-0.25, -0.2) is 0 Å². The Kier molecular flexibility index (Phi) is 3.72. The lowest BCUT2D eigenvalue weighted by Crippen LogP contribution is -2.02. The second-order valence-electron chi connectivity index (χ2n) is 5.73. The van der Waals surface area contributed by atoms with Crippen LogP contribution in [0.15, 0.2) is 59.1 Å². The van der Waals surface area contributed by atoms with Crippen molar-refractivity contribution < 1.29 is 4.74 Å². The van der Waals surface area contributed by atoms with Crippen molar-refractivity contribution in [1.82, 2.24) is 24.8 Å². The average Bonchev–Trinajstić information content (AvgIpc) is 3.35. The van der Waals surface area contributed by atoms with Gasteiger partial charge in [0, 0.05) is 15.4 Å². The maximum atomic E-state index is 5.79. The Morgan fingerprint density at radius 3 is 2.77 bits per heavy atom. The highest BCUT2D eigenvalue weighted by Gasteiger charge is 2.15. The number of nitrogens with zero attached hydrogens (tertiary/aromatic N) is 4. The zero-order chi connectivity index (χ0) is 17.5. The molecule has 128 valence electrons. The normalized spacial score (nSPS) is 11.4. The van der Waals surface area contributed by atoms with Gasteiger partial charge in [0.15, 0.2) is 10.8 Å². The summed E-state index contributed by atoms with van der Waals surface area (Å²) in [5.41, 5.74) is 2.06. The van der Waals surface area contributed by atoms with Gasteiger partial charge in [0.1, 0.15) is 12.4 Å². The Morgan fingerprint density at radius 1 is 1.08 bits per heavy atom. The maximum Gasteiger partial charge on any atom is 0.235 e. The van der Waals surface area contributed by atoms with Gasteiger partial charge in [0.05, 0.1) is 5.69 Å².